The first-order valence-corrected chi connectivity index (χ1v) is 4.90. The molecule has 92 valence electrons. The number of methoxy groups -OCH3 is 1. The van der Waals surface area contributed by atoms with Crippen molar-refractivity contribution in [3.05, 3.63) is 11.5 Å². The van der Waals surface area contributed by atoms with Gasteiger partial charge in [-0.05, 0) is 0 Å². The lowest BCUT2D eigenvalue weighted by Crippen LogP contribution is -2.30. The number of ether oxygens (including phenoxy) is 1. The first kappa shape index (κ1) is 14.4. The third-order valence-corrected chi connectivity index (χ3v) is 2.09. The van der Waals surface area contributed by atoms with Crippen molar-refractivity contribution in [3.63, 3.8) is 0 Å². The van der Waals surface area contributed by atoms with E-state index in [1.807, 2.05) is 13.8 Å². The quantitative estimate of drug-likeness (QED) is 0.597. The predicted molar refractivity (Wildman–Crippen MR) is 54.8 cm³/mol. The highest BCUT2D eigenvalue weighted by atomic mass is 16.5. The Hall–Kier alpha value is -1.56. The summed E-state index contributed by atoms with van der Waals surface area (Å²) in [5.74, 6) is -4.21. The summed E-state index contributed by atoms with van der Waals surface area (Å²) in [7, 11) is 1.07. The van der Waals surface area contributed by atoms with Crippen LogP contribution in [-0.4, -0.2) is 40.3 Å². The molecule has 6 nitrogen and oxygen atoms in total. The van der Waals surface area contributed by atoms with Gasteiger partial charge in [0.15, 0.2) is 11.9 Å². The van der Waals surface area contributed by atoms with E-state index in [4.69, 9.17) is 5.11 Å². The number of aliphatic hydroxyl groups is 3. The van der Waals surface area contributed by atoms with Crippen molar-refractivity contribution < 1.29 is 29.6 Å². The number of carbonyl (C=O) groups is 2. The van der Waals surface area contributed by atoms with Gasteiger partial charge in [-0.25, -0.2) is 4.79 Å². The second kappa shape index (κ2) is 6.12. The number of Topliss-reactive ketones (excluding diaryl/α,β-unsaturated/α-hetero) is 1. The number of aliphatic hydroxyl groups excluding tert-OH is 3. The Labute approximate surface area is 93.2 Å². The average molecular weight is 232 g/mol. The van der Waals surface area contributed by atoms with Crippen LogP contribution in [0, 0.1) is 5.92 Å². The summed E-state index contributed by atoms with van der Waals surface area (Å²) in [4.78, 5) is 21.7. The first-order valence-electron chi connectivity index (χ1n) is 4.90. The zero-order valence-corrected chi connectivity index (χ0v) is 9.43. The van der Waals surface area contributed by atoms with E-state index >= 15 is 0 Å². The van der Waals surface area contributed by atoms with Gasteiger partial charge in [0, 0.05) is 6.42 Å². The maximum Gasteiger partial charge on any atom is 0.335 e. The van der Waals surface area contributed by atoms with Crippen molar-refractivity contribution in [2.45, 2.75) is 26.4 Å². The lowest BCUT2D eigenvalue weighted by atomic mass is 10.0. The highest BCUT2D eigenvalue weighted by Gasteiger charge is 2.40. The summed E-state index contributed by atoms with van der Waals surface area (Å²) in [5, 5.41) is 27.4. The molecule has 0 fully saturated rings. The molecule has 0 saturated carbocycles. The van der Waals surface area contributed by atoms with Crippen LogP contribution in [0.4, 0.5) is 0 Å². The number of ketones is 1. The molecule has 0 heterocycles. The molecule has 1 rings (SSSR count). The van der Waals surface area contributed by atoms with Gasteiger partial charge in [0.1, 0.15) is 5.76 Å². The summed E-state index contributed by atoms with van der Waals surface area (Å²) < 4.78 is 4.23. The zero-order chi connectivity index (χ0) is 12.9. The topological polar surface area (TPSA) is 104 Å². The van der Waals surface area contributed by atoms with E-state index in [-0.39, 0.29) is 6.42 Å². The van der Waals surface area contributed by atoms with Crippen molar-refractivity contribution in [1.82, 2.24) is 0 Å². The van der Waals surface area contributed by atoms with Crippen molar-refractivity contribution >= 4 is 11.8 Å². The van der Waals surface area contributed by atoms with Gasteiger partial charge < -0.3 is 20.1 Å². The van der Waals surface area contributed by atoms with E-state index in [2.05, 4.69) is 4.74 Å². The van der Waals surface area contributed by atoms with Crippen LogP contribution in [0.2, 0.25) is 0 Å². The molecule has 0 saturated heterocycles. The third kappa shape index (κ3) is 2.73. The maximum absolute atomic E-state index is 10.9. The van der Waals surface area contributed by atoms with Crippen molar-refractivity contribution in [2.75, 3.05) is 7.11 Å². The van der Waals surface area contributed by atoms with E-state index in [1.165, 1.54) is 0 Å². The number of hydrogen-bond donors (Lipinski definition) is 3. The number of allylic oxidation sites excluding steroid dienone is 1. The zero-order valence-electron chi connectivity index (χ0n) is 9.43. The summed E-state index contributed by atoms with van der Waals surface area (Å²) >= 11 is 0. The normalized spacial score (nSPS) is 21.2. The molecule has 1 aliphatic carbocycles. The summed E-state index contributed by atoms with van der Waals surface area (Å²) in [5.41, 5.74) is 0. The van der Waals surface area contributed by atoms with Crippen molar-refractivity contribution in [1.29, 1.82) is 0 Å². The first-order chi connectivity index (χ1) is 7.49. The molecular formula is C10H16O6. The molecule has 6 heteroatoms. The molecule has 0 aromatic heterocycles. The number of rotatable bonds is 2. The van der Waals surface area contributed by atoms with Crippen LogP contribution in [0.1, 0.15) is 20.3 Å². The lowest BCUT2D eigenvalue weighted by molar-refractivity contribution is -0.153. The summed E-state index contributed by atoms with van der Waals surface area (Å²) in [6.07, 6.45) is -1.93. The van der Waals surface area contributed by atoms with Crippen LogP contribution < -0.4 is 0 Å². The summed E-state index contributed by atoms with van der Waals surface area (Å²) in [6, 6.07) is 0. The van der Waals surface area contributed by atoms with Gasteiger partial charge in [0.25, 0.3) is 0 Å². The van der Waals surface area contributed by atoms with Gasteiger partial charge in [-0.1, -0.05) is 13.8 Å². The van der Waals surface area contributed by atoms with Gasteiger partial charge in [-0.3, -0.25) is 4.79 Å². The molecule has 2 unspecified atom stereocenters. The molecule has 0 aliphatic heterocycles. The van der Waals surface area contributed by atoms with Gasteiger partial charge in [-0.2, -0.15) is 0 Å². The van der Waals surface area contributed by atoms with E-state index in [9.17, 15) is 19.8 Å². The minimum Gasteiger partial charge on any atom is -0.508 e. The number of esters is 1. The standard InChI is InChI=1S/C8H10O6.C2H6/c1-14-8(13)6(11)3-2-4(9)7(12)5(3)10;1-2/h3,6,10-12H,2H2,1H3;1-2H3. The van der Waals surface area contributed by atoms with Gasteiger partial charge >= 0.3 is 5.97 Å². The van der Waals surface area contributed by atoms with Crippen molar-refractivity contribution in [3.8, 4) is 0 Å². The Balaban J connectivity index is 0.00000106. The minimum absolute atomic E-state index is 0.298. The Kier molecular flexibility index (Phi) is 5.52. The van der Waals surface area contributed by atoms with E-state index in [0.717, 1.165) is 7.11 Å². The van der Waals surface area contributed by atoms with Crippen molar-refractivity contribution in [2.24, 2.45) is 5.92 Å². The van der Waals surface area contributed by atoms with E-state index in [0.29, 0.717) is 0 Å². The fraction of sp³-hybridized carbons (Fsp3) is 0.600. The van der Waals surface area contributed by atoms with Gasteiger partial charge in [-0.15, -0.1) is 0 Å². The molecular weight excluding hydrogens is 216 g/mol. The van der Waals surface area contributed by atoms with Crippen LogP contribution in [0.25, 0.3) is 0 Å². The van der Waals surface area contributed by atoms with Gasteiger partial charge in [0.2, 0.25) is 5.78 Å². The Bertz CT molecular complexity index is 306. The predicted octanol–water partition coefficient (Wildman–Crippen LogP) is 0.463. The van der Waals surface area contributed by atoms with Crippen LogP contribution in [0.5, 0.6) is 0 Å². The molecule has 2 atom stereocenters. The highest BCUT2D eigenvalue weighted by Crippen LogP contribution is 2.29. The molecule has 0 bridgehead atoms. The highest BCUT2D eigenvalue weighted by molar-refractivity contribution is 5.97. The average Bonchev–Trinajstić information content (AvgIpc) is 2.57. The maximum atomic E-state index is 10.9. The third-order valence-electron chi connectivity index (χ3n) is 2.09. The molecule has 3 N–H and O–H groups in total. The number of carbonyl (C=O) groups excluding carboxylic acids is 2. The fourth-order valence-electron chi connectivity index (χ4n) is 1.26. The van der Waals surface area contributed by atoms with Crippen LogP contribution in [-0.2, 0) is 14.3 Å². The minimum atomic E-state index is -1.63. The van der Waals surface area contributed by atoms with Crippen LogP contribution in [0.15, 0.2) is 11.5 Å². The lowest BCUT2D eigenvalue weighted by Gasteiger charge is -2.14. The van der Waals surface area contributed by atoms with Gasteiger partial charge in [0.05, 0.1) is 13.0 Å². The fourth-order valence-corrected chi connectivity index (χ4v) is 1.26. The van der Waals surface area contributed by atoms with Crippen LogP contribution >= 0.6 is 0 Å². The summed E-state index contributed by atoms with van der Waals surface area (Å²) in [6.45, 7) is 4.00. The Morgan fingerprint density at radius 1 is 1.44 bits per heavy atom. The van der Waals surface area contributed by atoms with E-state index in [1.54, 1.807) is 0 Å². The molecule has 0 aromatic rings. The molecule has 0 spiro atoms. The Morgan fingerprint density at radius 2 is 1.94 bits per heavy atom. The molecule has 0 aromatic carbocycles. The van der Waals surface area contributed by atoms with Crippen LogP contribution in [0.3, 0.4) is 0 Å². The smallest absolute Gasteiger partial charge is 0.335 e. The molecule has 0 amide bonds. The van der Waals surface area contributed by atoms with E-state index < -0.39 is 35.3 Å². The SMILES string of the molecule is CC.COC(=O)C(O)C1CC(=O)C(O)=C1O. The molecule has 1 aliphatic rings. The second-order valence-corrected chi connectivity index (χ2v) is 2.94. The largest absolute Gasteiger partial charge is 0.508 e. The molecule has 0 radical (unpaired) electrons. The number of hydrogen-bond acceptors (Lipinski definition) is 6. The molecule has 16 heavy (non-hydrogen) atoms. The second-order valence-electron chi connectivity index (χ2n) is 2.94. The Morgan fingerprint density at radius 3 is 2.25 bits per heavy atom. The monoisotopic (exact) mass is 232 g/mol.